The minimum atomic E-state index is 0.789. The van der Waals surface area contributed by atoms with Gasteiger partial charge >= 0.3 is 0 Å². The molecule has 0 aliphatic heterocycles. The Bertz CT molecular complexity index is 273. The molecule has 1 N–H and O–H groups in total. The zero-order chi connectivity index (χ0) is 9.26. The standard InChI is InChI=1S/C11H17NS/c1-3-12-10-6-9(7-10)11-5-4-8(2)13-11/h4-5,9-10,12H,3,6-7H2,1-2H3. The molecule has 0 spiro atoms. The highest BCUT2D eigenvalue weighted by Gasteiger charge is 2.30. The smallest absolute Gasteiger partial charge is 0.00802 e. The lowest BCUT2D eigenvalue weighted by atomic mass is 9.79. The summed E-state index contributed by atoms with van der Waals surface area (Å²) in [6.07, 6.45) is 2.68. The fourth-order valence-corrected chi connectivity index (χ4v) is 2.98. The molecule has 0 atom stereocenters. The Labute approximate surface area is 84.2 Å². The van der Waals surface area contributed by atoms with E-state index in [-0.39, 0.29) is 0 Å². The molecule has 0 amide bonds. The van der Waals surface area contributed by atoms with E-state index in [0.29, 0.717) is 0 Å². The quantitative estimate of drug-likeness (QED) is 0.782. The molecule has 1 aromatic rings. The van der Waals surface area contributed by atoms with Crippen LogP contribution in [0.1, 0.15) is 35.4 Å². The van der Waals surface area contributed by atoms with Gasteiger partial charge in [-0.1, -0.05) is 6.92 Å². The average molecular weight is 195 g/mol. The minimum absolute atomic E-state index is 0.789. The van der Waals surface area contributed by atoms with E-state index >= 15 is 0 Å². The van der Waals surface area contributed by atoms with Crippen LogP contribution in [-0.4, -0.2) is 12.6 Å². The number of thiophene rings is 1. The van der Waals surface area contributed by atoms with Crippen molar-refractivity contribution in [1.82, 2.24) is 5.32 Å². The Hall–Kier alpha value is -0.340. The van der Waals surface area contributed by atoms with Crippen LogP contribution < -0.4 is 5.32 Å². The van der Waals surface area contributed by atoms with E-state index in [1.165, 1.54) is 17.7 Å². The molecule has 1 heterocycles. The summed E-state index contributed by atoms with van der Waals surface area (Å²) in [5, 5.41) is 3.49. The maximum Gasteiger partial charge on any atom is 0.00802 e. The van der Waals surface area contributed by atoms with Gasteiger partial charge in [-0.05, 0) is 44.4 Å². The van der Waals surface area contributed by atoms with Crippen LogP contribution in [0.2, 0.25) is 0 Å². The molecule has 1 aromatic heterocycles. The second-order valence-corrected chi connectivity index (χ2v) is 5.19. The van der Waals surface area contributed by atoms with E-state index in [9.17, 15) is 0 Å². The first-order chi connectivity index (χ1) is 6.29. The number of hydrogen-bond acceptors (Lipinski definition) is 2. The fourth-order valence-electron chi connectivity index (χ4n) is 1.98. The van der Waals surface area contributed by atoms with Crippen molar-refractivity contribution in [3.63, 3.8) is 0 Å². The van der Waals surface area contributed by atoms with Gasteiger partial charge < -0.3 is 5.32 Å². The van der Waals surface area contributed by atoms with E-state index in [2.05, 4.69) is 31.3 Å². The molecule has 2 rings (SSSR count). The second kappa shape index (κ2) is 3.81. The zero-order valence-corrected chi connectivity index (χ0v) is 9.16. The van der Waals surface area contributed by atoms with Gasteiger partial charge in [-0.3, -0.25) is 0 Å². The van der Waals surface area contributed by atoms with Gasteiger partial charge in [0.1, 0.15) is 0 Å². The van der Waals surface area contributed by atoms with Gasteiger partial charge in [0.15, 0.2) is 0 Å². The van der Waals surface area contributed by atoms with Gasteiger partial charge in [0.2, 0.25) is 0 Å². The lowest BCUT2D eigenvalue weighted by Crippen LogP contribution is -2.39. The molecule has 0 aromatic carbocycles. The third kappa shape index (κ3) is 1.94. The first-order valence-electron chi connectivity index (χ1n) is 5.09. The van der Waals surface area contributed by atoms with E-state index < -0.39 is 0 Å². The highest BCUT2D eigenvalue weighted by atomic mass is 32.1. The first-order valence-corrected chi connectivity index (χ1v) is 5.91. The van der Waals surface area contributed by atoms with Crippen molar-refractivity contribution in [3.05, 3.63) is 21.9 Å². The van der Waals surface area contributed by atoms with Crippen LogP contribution in [0.4, 0.5) is 0 Å². The molecule has 0 saturated heterocycles. The fraction of sp³-hybridized carbons (Fsp3) is 0.636. The van der Waals surface area contributed by atoms with E-state index in [0.717, 1.165) is 18.5 Å². The van der Waals surface area contributed by atoms with Gasteiger partial charge in [-0.2, -0.15) is 0 Å². The topological polar surface area (TPSA) is 12.0 Å². The highest BCUT2D eigenvalue weighted by molar-refractivity contribution is 7.12. The van der Waals surface area contributed by atoms with Crippen LogP contribution in [0.5, 0.6) is 0 Å². The molecule has 1 fully saturated rings. The molecule has 2 heteroatoms. The van der Waals surface area contributed by atoms with Crippen LogP contribution >= 0.6 is 11.3 Å². The number of aryl methyl sites for hydroxylation is 1. The predicted octanol–water partition coefficient (Wildman–Crippen LogP) is 2.91. The monoisotopic (exact) mass is 195 g/mol. The van der Waals surface area contributed by atoms with Crippen molar-refractivity contribution < 1.29 is 0 Å². The molecular formula is C11H17NS. The molecule has 0 unspecified atom stereocenters. The molecule has 1 aliphatic carbocycles. The van der Waals surface area contributed by atoms with Gasteiger partial charge in [0.25, 0.3) is 0 Å². The summed E-state index contributed by atoms with van der Waals surface area (Å²) in [5.41, 5.74) is 0. The Morgan fingerprint density at radius 2 is 2.23 bits per heavy atom. The van der Waals surface area contributed by atoms with Gasteiger partial charge in [-0.25, -0.2) is 0 Å². The summed E-state index contributed by atoms with van der Waals surface area (Å²) in [5.74, 6) is 0.850. The number of nitrogens with one attached hydrogen (secondary N) is 1. The van der Waals surface area contributed by atoms with Crippen molar-refractivity contribution in [2.45, 2.75) is 38.6 Å². The van der Waals surface area contributed by atoms with Crippen LogP contribution in [0.3, 0.4) is 0 Å². The van der Waals surface area contributed by atoms with Gasteiger partial charge in [-0.15, -0.1) is 11.3 Å². The molecule has 0 radical (unpaired) electrons. The first kappa shape index (κ1) is 9.22. The van der Waals surface area contributed by atoms with Crippen molar-refractivity contribution in [3.8, 4) is 0 Å². The Kier molecular flexibility index (Phi) is 2.70. The Morgan fingerprint density at radius 3 is 2.77 bits per heavy atom. The molecule has 13 heavy (non-hydrogen) atoms. The minimum Gasteiger partial charge on any atom is -0.314 e. The maximum absolute atomic E-state index is 3.49. The Balaban J connectivity index is 1.86. The van der Waals surface area contributed by atoms with Crippen molar-refractivity contribution >= 4 is 11.3 Å². The number of hydrogen-bond donors (Lipinski definition) is 1. The third-order valence-corrected chi connectivity index (χ3v) is 3.96. The van der Waals surface area contributed by atoms with Crippen molar-refractivity contribution in [2.75, 3.05) is 6.54 Å². The summed E-state index contributed by atoms with van der Waals surface area (Å²) in [4.78, 5) is 3.04. The third-order valence-electron chi connectivity index (χ3n) is 2.79. The maximum atomic E-state index is 3.49. The molecule has 72 valence electrons. The summed E-state index contributed by atoms with van der Waals surface area (Å²) in [6.45, 7) is 5.48. The van der Waals surface area contributed by atoms with E-state index in [1.807, 2.05) is 11.3 Å². The zero-order valence-electron chi connectivity index (χ0n) is 8.34. The summed E-state index contributed by atoms with van der Waals surface area (Å²) in [6, 6.07) is 5.32. The summed E-state index contributed by atoms with van der Waals surface area (Å²) in [7, 11) is 0. The van der Waals surface area contributed by atoms with Crippen LogP contribution in [0.15, 0.2) is 12.1 Å². The molecule has 1 aliphatic rings. The molecular weight excluding hydrogens is 178 g/mol. The summed E-state index contributed by atoms with van der Waals surface area (Å²) < 4.78 is 0. The van der Waals surface area contributed by atoms with Crippen LogP contribution in [0, 0.1) is 6.92 Å². The molecule has 1 saturated carbocycles. The normalized spacial score (nSPS) is 27.2. The van der Waals surface area contributed by atoms with Gasteiger partial charge in [0.05, 0.1) is 0 Å². The Morgan fingerprint density at radius 1 is 1.46 bits per heavy atom. The van der Waals surface area contributed by atoms with E-state index in [4.69, 9.17) is 0 Å². The highest BCUT2D eigenvalue weighted by Crippen LogP contribution is 2.39. The lowest BCUT2D eigenvalue weighted by Gasteiger charge is -2.35. The SMILES string of the molecule is CCNC1CC(c2ccc(C)s2)C1. The lowest BCUT2D eigenvalue weighted by molar-refractivity contribution is 0.299. The second-order valence-electron chi connectivity index (χ2n) is 3.87. The average Bonchev–Trinajstić information content (AvgIpc) is 2.43. The van der Waals surface area contributed by atoms with Crippen LogP contribution in [-0.2, 0) is 0 Å². The van der Waals surface area contributed by atoms with Crippen LogP contribution in [0.25, 0.3) is 0 Å². The largest absolute Gasteiger partial charge is 0.314 e. The van der Waals surface area contributed by atoms with E-state index in [1.54, 1.807) is 4.88 Å². The summed E-state index contributed by atoms with van der Waals surface area (Å²) >= 11 is 1.96. The van der Waals surface area contributed by atoms with Crippen molar-refractivity contribution in [1.29, 1.82) is 0 Å². The number of rotatable bonds is 3. The van der Waals surface area contributed by atoms with Gasteiger partial charge in [0, 0.05) is 15.8 Å². The predicted molar refractivity (Wildman–Crippen MR) is 58.5 cm³/mol. The molecule has 0 bridgehead atoms. The molecule has 1 nitrogen and oxygen atoms in total. The van der Waals surface area contributed by atoms with Crippen molar-refractivity contribution in [2.24, 2.45) is 0 Å².